The molecule has 28 heavy (non-hydrogen) atoms. The molecule has 1 aromatic heterocycles. The summed E-state index contributed by atoms with van der Waals surface area (Å²) in [6.45, 7) is 0. The Bertz CT molecular complexity index is 1160. The molecule has 2 heterocycles. The smallest absolute Gasteiger partial charge is 0.263 e. The molecule has 0 amide bonds. The zero-order valence-electron chi connectivity index (χ0n) is 14.2. The van der Waals surface area contributed by atoms with Crippen LogP contribution in [0, 0.1) is 5.82 Å². The van der Waals surface area contributed by atoms with Crippen LogP contribution in [0.1, 0.15) is 11.7 Å². The van der Waals surface area contributed by atoms with Crippen LogP contribution in [-0.4, -0.2) is 14.8 Å². The van der Waals surface area contributed by atoms with Gasteiger partial charge < -0.3 is 15.1 Å². The predicted octanol–water partition coefficient (Wildman–Crippen LogP) is 4.01. The van der Waals surface area contributed by atoms with Crippen molar-refractivity contribution in [3.05, 3.63) is 71.2 Å². The summed E-state index contributed by atoms with van der Waals surface area (Å²) in [6, 6.07) is 11.4. The standard InChI is InChI=1S/C18H14ClFN4O3S/c19-15-9-11(20)1-6-16(15)28(25,26)23-12-2-4-13(5-3-12)24-10-22-18-14(17(24)21)7-8-27-18/h1-10,17,23H,21H2. The van der Waals surface area contributed by atoms with Crippen LogP contribution in [0.4, 0.5) is 21.6 Å². The van der Waals surface area contributed by atoms with Crippen LogP contribution < -0.4 is 15.4 Å². The number of halogens is 2. The molecule has 10 heteroatoms. The number of hydrogen-bond donors (Lipinski definition) is 2. The molecule has 1 unspecified atom stereocenters. The zero-order valence-corrected chi connectivity index (χ0v) is 15.8. The van der Waals surface area contributed by atoms with Gasteiger partial charge in [-0.1, -0.05) is 11.6 Å². The summed E-state index contributed by atoms with van der Waals surface area (Å²) in [5.74, 6) is -0.155. The molecule has 3 aromatic rings. The highest BCUT2D eigenvalue weighted by Crippen LogP contribution is 2.34. The van der Waals surface area contributed by atoms with Gasteiger partial charge >= 0.3 is 0 Å². The van der Waals surface area contributed by atoms with E-state index in [1.807, 2.05) is 0 Å². The second kappa shape index (κ2) is 6.93. The molecular weight excluding hydrogens is 407 g/mol. The molecular formula is C18H14ClFN4O3S. The number of benzene rings is 2. The summed E-state index contributed by atoms with van der Waals surface area (Å²) >= 11 is 5.85. The molecule has 2 aromatic carbocycles. The second-order valence-corrected chi connectivity index (χ2v) is 8.06. The van der Waals surface area contributed by atoms with Crippen LogP contribution in [0.3, 0.4) is 0 Å². The van der Waals surface area contributed by atoms with E-state index in [-0.39, 0.29) is 9.92 Å². The Morgan fingerprint density at radius 3 is 2.64 bits per heavy atom. The van der Waals surface area contributed by atoms with Crippen LogP contribution in [0.2, 0.25) is 5.02 Å². The Morgan fingerprint density at radius 1 is 1.18 bits per heavy atom. The van der Waals surface area contributed by atoms with Crippen molar-refractivity contribution in [1.29, 1.82) is 0 Å². The number of nitrogens with one attached hydrogen (secondary N) is 1. The van der Waals surface area contributed by atoms with E-state index in [0.29, 0.717) is 17.3 Å². The van der Waals surface area contributed by atoms with Crippen molar-refractivity contribution < 1.29 is 17.2 Å². The molecule has 0 bridgehead atoms. The number of nitrogens with zero attached hydrogens (tertiary/aromatic N) is 2. The predicted molar refractivity (Wildman–Crippen MR) is 105 cm³/mol. The highest BCUT2D eigenvalue weighted by Gasteiger charge is 2.24. The third kappa shape index (κ3) is 3.35. The minimum atomic E-state index is -3.97. The van der Waals surface area contributed by atoms with Gasteiger partial charge in [0.15, 0.2) is 0 Å². The average Bonchev–Trinajstić information content (AvgIpc) is 3.12. The van der Waals surface area contributed by atoms with E-state index in [1.54, 1.807) is 41.6 Å². The maximum Gasteiger partial charge on any atom is 0.263 e. The van der Waals surface area contributed by atoms with Gasteiger partial charge in [0.1, 0.15) is 23.2 Å². The lowest BCUT2D eigenvalue weighted by Gasteiger charge is -2.29. The van der Waals surface area contributed by atoms with E-state index >= 15 is 0 Å². The van der Waals surface area contributed by atoms with Gasteiger partial charge in [0.25, 0.3) is 10.0 Å². The lowest BCUT2D eigenvalue weighted by molar-refractivity contribution is 0.567. The van der Waals surface area contributed by atoms with Gasteiger partial charge in [-0.05, 0) is 48.5 Å². The van der Waals surface area contributed by atoms with Crippen molar-refractivity contribution in [3.8, 4) is 0 Å². The van der Waals surface area contributed by atoms with E-state index in [2.05, 4.69) is 9.71 Å². The van der Waals surface area contributed by atoms with Gasteiger partial charge in [0, 0.05) is 11.4 Å². The molecule has 7 nitrogen and oxygen atoms in total. The van der Waals surface area contributed by atoms with E-state index < -0.39 is 22.0 Å². The fourth-order valence-corrected chi connectivity index (χ4v) is 4.40. The first-order valence-electron chi connectivity index (χ1n) is 8.08. The number of sulfonamides is 1. The van der Waals surface area contributed by atoms with E-state index in [4.69, 9.17) is 21.8 Å². The third-order valence-electron chi connectivity index (χ3n) is 4.19. The van der Waals surface area contributed by atoms with Crippen LogP contribution in [0.5, 0.6) is 0 Å². The summed E-state index contributed by atoms with van der Waals surface area (Å²) in [5, 5.41) is -0.199. The van der Waals surface area contributed by atoms with Gasteiger partial charge in [0.2, 0.25) is 5.88 Å². The minimum absolute atomic E-state index is 0.199. The van der Waals surface area contributed by atoms with Crippen LogP contribution in [0.25, 0.3) is 0 Å². The van der Waals surface area contributed by atoms with Gasteiger partial charge in [-0.3, -0.25) is 4.72 Å². The number of fused-ring (bicyclic) bond motifs is 1. The van der Waals surface area contributed by atoms with Gasteiger partial charge in [-0.15, -0.1) is 0 Å². The number of nitrogens with two attached hydrogens (primary N) is 1. The maximum absolute atomic E-state index is 13.2. The molecule has 0 aliphatic carbocycles. The van der Waals surface area contributed by atoms with Crippen molar-refractivity contribution in [1.82, 2.24) is 0 Å². The van der Waals surface area contributed by atoms with E-state index in [9.17, 15) is 12.8 Å². The van der Waals surface area contributed by atoms with Gasteiger partial charge in [0.05, 0.1) is 16.8 Å². The van der Waals surface area contributed by atoms with E-state index in [1.165, 1.54) is 6.26 Å². The molecule has 1 aliphatic heterocycles. The van der Waals surface area contributed by atoms with Crippen LogP contribution in [-0.2, 0) is 10.0 Å². The molecule has 0 radical (unpaired) electrons. The normalized spacial score (nSPS) is 16.1. The lowest BCUT2D eigenvalue weighted by atomic mass is 10.2. The van der Waals surface area contributed by atoms with Crippen molar-refractivity contribution >= 4 is 45.2 Å². The summed E-state index contributed by atoms with van der Waals surface area (Å²) in [7, 11) is -3.97. The van der Waals surface area contributed by atoms with Crippen molar-refractivity contribution in [2.75, 3.05) is 9.62 Å². The van der Waals surface area contributed by atoms with Crippen LogP contribution >= 0.6 is 11.6 Å². The van der Waals surface area contributed by atoms with Crippen molar-refractivity contribution in [3.63, 3.8) is 0 Å². The zero-order chi connectivity index (χ0) is 19.9. The third-order valence-corrected chi connectivity index (χ3v) is 6.06. The summed E-state index contributed by atoms with van der Waals surface area (Å²) in [5.41, 5.74) is 8.01. The number of aliphatic imine (C=N–C) groups is 1. The number of furan rings is 1. The first kappa shape index (κ1) is 18.5. The van der Waals surface area contributed by atoms with E-state index in [0.717, 1.165) is 23.8 Å². The Balaban J connectivity index is 1.55. The minimum Gasteiger partial charge on any atom is -0.446 e. The summed E-state index contributed by atoms with van der Waals surface area (Å²) in [4.78, 5) is 5.72. The Morgan fingerprint density at radius 2 is 1.93 bits per heavy atom. The molecule has 3 N–H and O–H groups in total. The Labute approximate surface area is 165 Å². The molecule has 4 rings (SSSR count). The van der Waals surface area contributed by atoms with Gasteiger partial charge in [-0.25, -0.2) is 17.8 Å². The quantitative estimate of drug-likeness (QED) is 0.664. The van der Waals surface area contributed by atoms with Crippen molar-refractivity contribution in [2.24, 2.45) is 10.7 Å². The fourth-order valence-electron chi connectivity index (χ4n) is 2.81. The first-order chi connectivity index (χ1) is 13.3. The second-order valence-electron chi connectivity index (χ2n) is 6.00. The highest BCUT2D eigenvalue weighted by molar-refractivity contribution is 7.92. The number of anilines is 2. The lowest BCUT2D eigenvalue weighted by Crippen LogP contribution is -2.35. The Kier molecular flexibility index (Phi) is 4.58. The van der Waals surface area contributed by atoms with Crippen LogP contribution in [0.15, 0.2) is 69.1 Å². The highest BCUT2D eigenvalue weighted by atomic mass is 35.5. The topological polar surface area (TPSA) is 101 Å². The molecule has 0 spiro atoms. The monoisotopic (exact) mass is 420 g/mol. The molecule has 0 saturated heterocycles. The maximum atomic E-state index is 13.2. The largest absolute Gasteiger partial charge is 0.446 e. The van der Waals surface area contributed by atoms with Crippen molar-refractivity contribution in [2.45, 2.75) is 11.1 Å². The number of rotatable bonds is 4. The number of hydrogen-bond acceptors (Lipinski definition) is 6. The molecule has 144 valence electrons. The fraction of sp³-hybridized carbons (Fsp3) is 0.0556. The first-order valence-corrected chi connectivity index (χ1v) is 9.95. The Hall–Kier alpha value is -2.88. The van der Waals surface area contributed by atoms with Gasteiger partial charge in [-0.2, -0.15) is 0 Å². The summed E-state index contributed by atoms with van der Waals surface area (Å²) < 4.78 is 45.8. The molecule has 1 atom stereocenters. The SMILES string of the molecule is NC1c2ccoc2N=CN1c1ccc(NS(=O)(=O)c2ccc(F)cc2Cl)cc1. The average molecular weight is 421 g/mol. The molecule has 0 saturated carbocycles. The molecule has 0 fully saturated rings. The summed E-state index contributed by atoms with van der Waals surface area (Å²) in [6.07, 6.45) is 2.59. The molecule has 1 aliphatic rings.